The zero-order valence-corrected chi connectivity index (χ0v) is 18.0. The van der Waals surface area contributed by atoms with E-state index in [1.54, 1.807) is 0 Å². The topological polar surface area (TPSA) is 62.5 Å². The first-order chi connectivity index (χ1) is 14.0. The first-order valence-corrected chi connectivity index (χ1v) is 11.1. The van der Waals surface area contributed by atoms with Crippen LogP contribution in [0.1, 0.15) is 67.5 Å². The van der Waals surface area contributed by atoms with Crippen LogP contribution in [0.25, 0.3) is 0 Å². The van der Waals surface area contributed by atoms with E-state index in [0.29, 0.717) is 28.9 Å². The number of carbonyl (C=O) groups is 1. The van der Waals surface area contributed by atoms with Gasteiger partial charge in [-0.2, -0.15) is 4.98 Å². The van der Waals surface area contributed by atoms with Gasteiger partial charge in [-0.05, 0) is 49.8 Å². The summed E-state index contributed by atoms with van der Waals surface area (Å²) in [6.45, 7) is 7.68. The standard InChI is InChI=1S/C22H29ClN4O2/c1-15(2)12-20-24-21(29-25-20)17-6-5-11-27(14-17)22(28)16-7-8-19(18(23)13-16)26-9-3-4-10-26/h7-8,13,15,17H,3-6,9-12,14H2,1-2H3. The molecule has 29 heavy (non-hydrogen) atoms. The molecular formula is C22H29ClN4O2. The number of halogens is 1. The molecule has 0 spiro atoms. The predicted octanol–water partition coefficient (Wildman–Crippen LogP) is 4.54. The quantitative estimate of drug-likeness (QED) is 0.715. The van der Waals surface area contributed by atoms with Gasteiger partial charge in [0.1, 0.15) is 0 Å². The molecule has 1 atom stereocenters. The lowest BCUT2D eigenvalue weighted by Crippen LogP contribution is -2.39. The smallest absolute Gasteiger partial charge is 0.253 e. The monoisotopic (exact) mass is 416 g/mol. The number of aromatic nitrogens is 2. The number of piperidine rings is 1. The molecule has 3 heterocycles. The van der Waals surface area contributed by atoms with Crippen LogP contribution < -0.4 is 4.90 Å². The third-order valence-electron chi connectivity index (χ3n) is 5.77. The molecule has 6 nitrogen and oxygen atoms in total. The Labute approximate surface area is 177 Å². The zero-order chi connectivity index (χ0) is 20.4. The Hall–Kier alpha value is -2.08. The first-order valence-electron chi connectivity index (χ1n) is 10.7. The minimum absolute atomic E-state index is 0.0199. The SMILES string of the molecule is CC(C)Cc1noc(C2CCCN(C(=O)c3ccc(N4CCCC4)c(Cl)c3)C2)n1. The van der Waals surface area contributed by atoms with Gasteiger partial charge in [0, 0.05) is 38.2 Å². The first kappa shape index (κ1) is 20.2. The molecule has 1 aromatic heterocycles. The van der Waals surface area contributed by atoms with Crippen molar-refractivity contribution in [3.05, 3.63) is 40.5 Å². The van der Waals surface area contributed by atoms with Gasteiger partial charge in [-0.3, -0.25) is 4.79 Å². The fourth-order valence-electron chi connectivity index (χ4n) is 4.28. The molecule has 2 aliphatic heterocycles. The van der Waals surface area contributed by atoms with Crippen LogP contribution in [0.15, 0.2) is 22.7 Å². The fraction of sp³-hybridized carbons (Fsp3) is 0.591. The van der Waals surface area contributed by atoms with Crippen molar-refractivity contribution in [3.8, 4) is 0 Å². The number of amides is 1. The van der Waals surface area contributed by atoms with Crippen LogP contribution in [-0.2, 0) is 6.42 Å². The Bertz CT molecular complexity index is 860. The second kappa shape index (κ2) is 8.74. The maximum atomic E-state index is 13.1. The molecule has 2 fully saturated rings. The Balaban J connectivity index is 1.44. The highest BCUT2D eigenvalue weighted by molar-refractivity contribution is 6.33. The summed E-state index contributed by atoms with van der Waals surface area (Å²) in [5, 5.41) is 4.76. The Morgan fingerprint density at radius 2 is 2.03 bits per heavy atom. The van der Waals surface area contributed by atoms with Crippen LogP contribution in [0.2, 0.25) is 5.02 Å². The number of likely N-dealkylation sites (tertiary alicyclic amines) is 1. The molecule has 0 aliphatic carbocycles. The summed E-state index contributed by atoms with van der Waals surface area (Å²) in [5.74, 6) is 2.01. The molecule has 0 radical (unpaired) electrons. The van der Waals surface area contributed by atoms with Crippen molar-refractivity contribution < 1.29 is 9.32 Å². The van der Waals surface area contributed by atoms with Gasteiger partial charge in [-0.1, -0.05) is 30.6 Å². The lowest BCUT2D eigenvalue weighted by Gasteiger charge is -2.31. The summed E-state index contributed by atoms with van der Waals surface area (Å²) >= 11 is 6.52. The third kappa shape index (κ3) is 4.58. The number of rotatable bonds is 5. The lowest BCUT2D eigenvalue weighted by atomic mass is 9.97. The molecule has 2 saturated heterocycles. The molecule has 0 saturated carbocycles. The van der Waals surface area contributed by atoms with Crippen LogP contribution in [0.4, 0.5) is 5.69 Å². The number of hydrogen-bond acceptors (Lipinski definition) is 5. The minimum Gasteiger partial charge on any atom is -0.370 e. The number of nitrogens with zero attached hydrogens (tertiary/aromatic N) is 4. The van der Waals surface area contributed by atoms with Crippen LogP contribution in [0, 0.1) is 5.92 Å². The van der Waals surface area contributed by atoms with Crippen molar-refractivity contribution in [2.24, 2.45) is 5.92 Å². The van der Waals surface area contributed by atoms with Gasteiger partial charge in [0.05, 0.1) is 16.6 Å². The molecule has 4 rings (SSSR count). The van der Waals surface area contributed by atoms with Crippen LogP contribution in [0.3, 0.4) is 0 Å². The van der Waals surface area contributed by atoms with Crippen molar-refractivity contribution in [2.75, 3.05) is 31.1 Å². The molecule has 2 aliphatic rings. The number of hydrogen-bond donors (Lipinski definition) is 0. The molecule has 7 heteroatoms. The van der Waals surface area contributed by atoms with E-state index in [1.165, 1.54) is 12.8 Å². The average Bonchev–Trinajstić information content (AvgIpc) is 3.39. The molecule has 1 aromatic carbocycles. The van der Waals surface area contributed by atoms with Gasteiger partial charge in [-0.25, -0.2) is 0 Å². The van der Waals surface area contributed by atoms with Gasteiger partial charge in [0.25, 0.3) is 5.91 Å². The van der Waals surface area contributed by atoms with Crippen LogP contribution >= 0.6 is 11.6 Å². The van der Waals surface area contributed by atoms with E-state index in [4.69, 9.17) is 16.1 Å². The maximum Gasteiger partial charge on any atom is 0.253 e. The van der Waals surface area contributed by atoms with E-state index in [9.17, 15) is 4.79 Å². The highest BCUT2D eigenvalue weighted by atomic mass is 35.5. The van der Waals surface area contributed by atoms with E-state index >= 15 is 0 Å². The van der Waals surface area contributed by atoms with E-state index in [0.717, 1.165) is 50.4 Å². The van der Waals surface area contributed by atoms with Crippen LogP contribution in [0.5, 0.6) is 0 Å². The number of benzene rings is 1. The largest absolute Gasteiger partial charge is 0.370 e. The van der Waals surface area contributed by atoms with Gasteiger partial charge in [0.15, 0.2) is 5.82 Å². The average molecular weight is 417 g/mol. The number of anilines is 1. The third-order valence-corrected chi connectivity index (χ3v) is 6.08. The van der Waals surface area contributed by atoms with E-state index in [1.807, 2.05) is 23.1 Å². The van der Waals surface area contributed by atoms with Gasteiger partial charge < -0.3 is 14.3 Å². The molecule has 156 valence electrons. The zero-order valence-electron chi connectivity index (χ0n) is 17.2. The summed E-state index contributed by atoms with van der Waals surface area (Å²) in [7, 11) is 0. The molecule has 2 aromatic rings. The fourth-order valence-corrected chi connectivity index (χ4v) is 4.58. The van der Waals surface area contributed by atoms with E-state index < -0.39 is 0 Å². The number of carbonyl (C=O) groups excluding carboxylic acids is 1. The summed E-state index contributed by atoms with van der Waals surface area (Å²) in [5.41, 5.74) is 1.67. The van der Waals surface area contributed by atoms with Gasteiger partial charge in [-0.15, -0.1) is 0 Å². The summed E-state index contributed by atoms with van der Waals surface area (Å²) in [4.78, 5) is 21.8. The van der Waals surface area contributed by atoms with Crippen molar-refractivity contribution >= 4 is 23.2 Å². The highest BCUT2D eigenvalue weighted by Crippen LogP contribution is 2.31. The normalized spacial score (nSPS) is 19.9. The Morgan fingerprint density at radius 3 is 2.76 bits per heavy atom. The van der Waals surface area contributed by atoms with Gasteiger partial charge in [0.2, 0.25) is 5.89 Å². The van der Waals surface area contributed by atoms with Crippen molar-refractivity contribution in [2.45, 2.75) is 51.9 Å². The molecule has 0 bridgehead atoms. The van der Waals surface area contributed by atoms with E-state index in [2.05, 4.69) is 28.9 Å². The Kier molecular flexibility index (Phi) is 6.09. The summed E-state index contributed by atoms with van der Waals surface area (Å²) < 4.78 is 5.50. The second-order valence-electron chi connectivity index (χ2n) is 8.60. The van der Waals surface area contributed by atoms with E-state index in [-0.39, 0.29) is 11.8 Å². The van der Waals surface area contributed by atoms with Crippen molar-refractivity contribution in [1.29, 1.82) is 0 Å². The molecule has 1 amide bonds. The van der Waals surface area contributed by atoms with Crippen LogP contribution in [-0.4, -0.2) is 47.1 Å². The summed E-state index contributed by atoms with van der Waals surface area (Å²) in [6.07, 6.45) is 5.09. The lowest BCUT2D eigenvalue weighted by molar-refractivity contribution is 0.0695. The minimum atomic E-state index is 0.0199. The van der Waals surface area contributed by atoms with Gasteiger partial charge >= 0.3 is 0 Å². The van der Waals surface area contributed by atoms with Crippen molar-refractivity contribution in [1.82, 2.24) is 15.0 Å². The Morgan fingerprint density at radius 1 is 1.24 bits per heavy atom. The maximum absolute atomic E-state index is 13.1. The highest BCUT2D eigenvalue weighted by Gasteiger charge is 2.29. The molecule has 1 unspecified atom stereocenters. The summed E-state index contributed by atoms with van der Waals surface area (Å²) in [6, 6.07) is 5.70. The molecular weight excluding hydrogens is 388 g/mol. The molecule has 0 N–H and O–H groups in total. The second-order valence-corrected chi connectivity index (χ2v) is 9.00. The van der Waals surface area contributed by atoms with Crippen molar-refractivity contribution in [3.63, 3.8) is 0 Å². The predicted molar refractivity (Wildman–Crippen MR) is 114 cm³/mol.